The summed E-state index contributed by atoms with van der Waals surface area (Å²) in [5, 5.41) is 6.35. The number of nitrogens with one attached hydrogen (secondary N) is 1. The quantitative estimate of drug-likeness (QED) is 0.734. The van der Waals surface area contributed by atoms with Gasteiger partial charge in [-0.25, -0.2) is 14.4 Å². The number of alkyl halides is 1. The molecule has 0 bridgehead atoms. The van der Waals surface area contributed by atoms with Crippen LogP contribution >= 0.6 is 11.6 Å². The van der Waals surface area contributed by atoms with Crippen LogP contribution in [-0.4, -0.2) is 20.2 Å². The van der Waals surface area contributed by atoms with Gasteiger partial charge in [0.25, 0.3) is 0 Å². The smallest absolute Gasteiger partial charge is 0.175 e. The highest BCUT2D eigenvalue weighted by Gasteiger charge is 2.06. The molecule has 0 amide bonds. The van der Waals surface area contributed by atoms with Crippen molar-refractivity contribution in [2.24, 2.45) is 0 Å². The number of nitrogens with zero attached hydrogens (tertiary/aromatic N) is 3. The van der Waals surface area contributed by atoms with Crippen LogP contribution in [0.2, 0.25) is 5.15 Å². The Morgan fingerprint density at radius 3 is 3.08 bits per heavy atom. The molecule has 62 valence electrons. The van der Waals surface area contributed by atoms with Crippen molar-refractivity contribution in [1.29, 1.82) is 0 Å². The lowest BCUT2D eigenvalue weighted by molar-refractivity contribution is 0.476. The first kappa shape index (κ1) is 7.42. The van der Waals surface area contributed by atoms with Crippen LogP contribution < -0.4 is 0 Å². The van der Waals surface area contributed by atoms with Gasteiger partial charge in [0.1, 0.15) is 17.9 Å². The van der Waals surface area contributed by atoms with Crippen LogP contribution in [-0.2, 0) is 6.67 Å². The lowest BCUT2D eigenvalue weighted by Gasteiger charge is -1.95. The minimum absolute atomic E-state index is 0.0780. The summed E-state index contributed by atoms with van der Waals surface area (Å²) in [5.41, 5.74) is 1.13. The van der Waals surface area contributed by atoms with Gasteiger partial charge in [-0.2, -0.15) is 5.10 Å². The van der Waals surface area contributed by atoms with Crippen molar-refractivity contribution in [1.82, 2.24) is 20.2 Å². The molecule has 0 aliphatic carbocycles. The number of aromatic nitrogens is 4. The fourth-order valence-electron chi connectivity index (χ4n) is 0.876. The molecule has 2 rings (SSSR count). The molecule has 2 heterocycles. The zero-order chi connectivity index (χ0) is 8.55. The molecule has 4 nitrogen and oxygen atoms in total. The van der Waals surface area contributed by atoms with Gasteiger partial charge in [0.15, 0.2) is 10.8 Å². The van der Waals surface area contributed by atoms with Crippen LogP contribution in [0, 0.1) is 0 Å². The van der Waals surface area contributed by atoms with Crippen LogP contribution in [0.5, 0.6) is 0 Å². The number of hydrogen-bond acceptors (Lipinski definition) is 3. The van der Waals surface area contributed by atoms with E-state index in [0.29, 0.717) is 11.2 Å². The highest BCUT2D eigenvalue weighted by atomic mass is 35.5. The molecule has 0 unspecified atom stereocenters. The van der Waals surface area contributed by atoms with E-state index in [4.69, 9.17) is 11.6 Å². The van der Waals surface area contributed by atoms with E-state index >= 15 is 0 Å². The largest absolute Gasteiger partial charge is 0.259 e. The topological polar surface area (TPSA) is 54.5 Å². The summed E-state index contributed by atoms with van der Waals surface area (Å²) in [6.07, 6.45) is 1.47. The Morgan fingerprint density at radius 1 is 1.50 bits per heavy atom. The van der Waals surface area contributed by atoms with Gasteiger partial charge in [0.2, 0.25) is 0 Å². The van der Waals surface area contributed by atoms with Crippen LogP contribution in [0.25, 0.3) is 11.2 Å². The minimum Gasteiger partial charge on any atom is -0.259 e. The summed E-state index contributed by atoms with van der Waals surface area (Å²) in [5.74, 6) is 0. The maximum atomic E-state index is 12.2. The summed E-state index contributed by atoms with van der Waals surface area (Å²) in [7, 11) is 0. The van der Waals surface area contributed by atoms with E-state index in [0.717, 1.165) is 0 Å². The van der Waals surface area contributed by atoms with Crippen molar-refractivity contribution < 1.29 is 4.39 Å². The molecule has 0 spiro atoms. The van der Waals surface area contributed by atoms with Gasteiger partial charge >= 0.3 is 0 Å². The first-order chi connectivity index (χ1) is 5.81. The second kappa shape index (κ2) is 2.67. The Kier molecular flexibility index (Phi) is 1.65. The van der Waals surface area contributed by atoms with Crippen LogP contribution in [0.1, 0.15) is 5.69 Å². The van der Waals surface area contributed by atoms with Gasteiger partial charge < -0.3 is 0 Å². The molecular weight excluding hydrogens is 183 g/mol. The first-order valence-electron chi connectivity index (χ1n) is 3.22. The Morgan fingerprint density at radius 2 is 2.33 bits per heavy atom. The minimum atomic E-state index is -0.715. The maximum absolute atomic E-state index is 12.2. The normalized spacial score (nSPS) is 10.8. The summed E-state index contributed by atoms with van der Waals surface area (Å²) in [4.78, 5) is 7.74. The van der Waals surface area contributed by atoms with Crippen LogP contribution in [0.15, 0.2) is 6.20 Å². The zero-order valence-corrected chi connectivity index (χ0v) is 6.64. The molecule has 0 aliphatic heterocycles. The molecule has 6 heteroatoms. The molecular formula is C6H4ClFN4. The molecule has 2 aromatic rings. The van der Waals surface area contributed by atoms with Crippen molar-refractivity contribution in [2.75, 3.05) is 0 Å². The van der Waals surface area contributed by atoms with Crippen LogP contribution in [0.4, 0.5) is 4.39 Å². The number of halogens is 2. The molecule has 0 saturated carbocycles. The van der Waals surface area contributed by atoms with Crippen molar-refractivity contribution >= 4 is 22.8 Å². The van der Waals surface area contributed by atoms with E-state index in [-0.39, 0.29) is 10.8 Å². The average Bonchev–Trinajstić information content (AvgIpc) is 2.49. The van der Waals surface area contributed by atoms with Crippen molar-refractivity contribution in [3.05, 3.63) is 17.0 Å². The van der Waals surface area contributed by atoms with Gasteiger partial charge in [-0.15, -0.1) is 0 Å². The number of H-pyrrole nitrogens is 1. The fraction of sp³-hybridized carbons (Fsp3) is 0.167. The third-order valence-electron chi connectivity index (χ3n) is 1.43. The van der Waals surface area contributed by atoms with Crippen molar-refractivity contribution in [3.8, 4) is 0 Å². The van der Waals surface area contributed by atoms with Crippen molar-refractivity contribution in [3.63, 3.8) is 0 Å². The Labute approximate surface area is 71.8 Å². The second-order valence-corrected chi connectivity index (χ2v) is 2.56. The van der Waals surface area contributed by atoms with Gasteiger partial charge in [0.05, 0.1) is 6.20 Å². The zero-order valence-electron chi connectivity index (χ0n) is 5.88. The molecule has 0 aliphatic rings. The summed E-state index contributed by atoms with van der Waals surface area (Å²) >= 11 is 5.60. The van der Waals surface area contributed by atoms with E-state index in [2.05, 4.69) is 20.2 Å². The SMILES string of the molecule is FCc1nc2cn[nH]c2nc1Cl. The lowest BCUT2D eigenvalue weighted by Crippen LogP contribution is -1.91. The second-order valence-electron chi connectivity index (χ2n) is 2.20. The molecule has 0 radical (unpaired) electrons. The number of fused-ring (bicyclic) bond motifs is 1. The number of rotatable bonds is 1. The third-order valence-corrected chi connectivity index (χ3v) is 1.73. The summed E-state index contributed by atoms with van der Waals surface area (Å²) in [6, 6.07) is 0. The monoisotopic (exact) mass is 186 g/mol. The highest BCUT2D eigenvalue weighted by molar-refractivity contribution is 6.30. The van der Waals surface area contributed by atoms with E-state index in [1.54, 1.807) is 0 Å². The van der Waals surface area contributed by atoms with E-state index in [1.807, 2.05) is 0 Å². The third kappa shape index (κ3) is 1.02. The Balaban J connectivity index is 2.73. The predicted octanol–water partition coefficient (Wildman–Crippen LogP) is 1.48. The Bertz CT molecular complexity index is 413. The molecule has 12 heavy (non-hydrogen) atoms. The molecule has 0 aromatic carbocycles. The van der Waals surface area contributed by atoms with E-state index in [1.165, 1.54) is 6.20 Å². The molecule has 2 aromatic heterocycles. The van der Waals surface area contributed by atoms with Gasteiger partial charge in [0, 0.05) is 0 Å². The average molecular weight is 187 g/mol. The molecule has 0 saturated heterocycles. The molecule has 0 fully saturated rings. The Hall–Kier alpha value is -1.23. The summed E-state index contributed by atoms with van der Waals surface area (Å²) in [6.45, 7) is -0.715. The van der Waals surface area contributed by atoms with Crippen molar-refractivity contribution in [2.45, 2.75) is 6.67 Å². The molecule has 0 atom stereocenters. The van der Waals surface area contributed by atoms with E-state index in [9.17, 15) is 4.39 Å². The molecule has 1 N–H and O–H groups in total. The van der Waals surface area contributed by atoms with E-state index < -0.39 is 6.67 Å². The standard InChI is InChI=1S/C6H4ClFN4/c7-5-3(1-8)10-4-2-9-12-6(4)11-5/h2H,1H2,(H,9,11,12). The summed E-state index contributed by atoms with van der Waals surface area (Å²) < 4.78 is 12.2. The van der Waals surface area contributed by atoms with Gasteiger partial charge in [-0.05, 0) is 0 Å². The van der Waals surface area contributed by atoms with Crippen LogP contribution in [0.3, 0.4) is 0 Å². The predicted molar refractivity (Wildman–Crippen MR) is 41.5 cm³/mol. The number of aromatic amines is 1. The number of hydrogen-bond donors (Lipinski definition) is 1. The first-order valence-corrected chi connectivity index (χ1v) is 3.60. The maximum Gasteiger partial charge on any atom is 0.175 e. The van der Waals surface area contributed by atoms with Gasteiger partial charge in [-0.3, -0.25) is 5.10 Å². The fourth-order valence-corrected chi connectivity index (χ4v) is 1.05. The lowest BCUT2D eigenvalue weighted by atomic mass is 10.4. The van der Waals surface area contributed by atoms with Gasteiger partial charge in [-0.1, -0.05) is 11.6 Å². The highest BCUT2D eigenvalue weighted by Crippen LogP contribution is 2.15.